The molecule has 0 aliphatic heterocycles. The van der Waals surface area contributed by atoms with Gasteiger partial charge in [0.2, 0.25) is 0 Å². The molecule has 0 radical (unpaired) electrons. The van der Waals surface area contributed by atoms with E-state index in [0.717, 1.165) is 10.9 Å². The van der Waals surface area contributed by atoms with Crippen LogP contribution in [0.2, 0.25) is 0 Å². The molecule has 2 nitrogen and oxygen atoms in total. The zero-order chi connectivity index (χ0) is 10.8. The van der Waals surface area contributed by atoms with Crippen molar-refractivity contribution in [3.8, 4) is 11.8 Å². The minimum atomic E-state index is -0.373. The molecule has 0 atom stereocenters. The second-order valence-electron chi connectivity index (χ2n) is 3.36. The molecule has 2 heteroatoms. The van der Waals surface area contributed by atoms with E-state index in [1.54, 1.807) is 13.0 Å². The van der Waals surface area contributed by atoms with Gasteiger partial charge in [0.05, 0.1) is 0 Å². The van der Waals surface area contributed by atoms with E-state index in [2.05, 4.69) is 11.8 Å². The number of aryl methyl sites for hydroxylation is 1. The lowest BCUT2D eigenvalue weighted by Gasteiger charge is -1.98. The van der Waals surface area contributed by atoms with E-state index in [9.17, 15) is 4.79 Å². The number of benzene rings is 1. The van der Waals surface area contributed by atoms with Gasteiger partial charge in [0, 0.05) is 5.39 Å². The van der Waals surface area contributed by atoms with Crippen molar-refractivity contribution in [3.05, 3.63) is 45.8 Å². The van der Waals surface area contributed by atoms with Gasteiger partial charge in [-0.3, -0.25) is 0 Å². The molecule has 0 saturated carbocycles. The van der Waals surface area contributed by atoms with Gasteiger partial charge in [-0.25, -0.2) is 4.79 Å². The van der Waals surface area contributed by atoms with Crippen molar-refractivity contribution in [2.45, 2.75) is 13.8 Å². The van der Waals surface area contributed by atoms with Gasteiger partial charge < -0.3 is 4.42 Å². The van der Waals surface area contributed by atoms with Gasteiger partial charge in [-0.05, 0) is 31.5 Å². The first kappa shape index (κ1) is 9.54. The maximum Gasteiger partial charge on any atom is 0.352 e. The maximum atomic E-state index is 11.5. The molecule has 0 bridgehead atoms. The van der Waals surface area contributed by atoms with Crippen LogP contribution >= 0.6 is 0 Å². The summed E-state index contributed by atoms with van der Waals surface area (Å²) in [5, 5.41) is 0.901. The van der Waals surface area contributed by atoms with Crippen LogP contribution in [0.1, 0.15) is 18.1 Å². The largest absolute Gasteiger partial charge is 0.422 e. The second kappa shape index (κ2) is 3.62. The normalized spacial score (nSPS) is 9.73. The summed E-state index contributed by atoms with van der Waals surface area (Å²) >= 11 is 0. The molecule has 0 aliphatic carbocycles. The van der Waals surface area contributed by atoms with Crippen LogP contribution < -0.4 is 5.63 Å². The highest BCUT2D eigenvalue weighted by Crippen LogP contribution is 2.14. The van der Waals surface area contributed by atoms with Crippen molar-refractivity contribution in [2.24, 2.45) is 0 Å². The number of hydrogen-bond donors (Lipinski definition) is 0. The van der Waals surface area contributed by atoms with Crippen LogP contribution in [0.3, 0.4) is 0 Å². The van der Waals surface area contributed by atoms with Crippen LogP contribution in [0.15, 0.2) is 33.5 Å². The number of hydrogen-bond acceptors (Lipinski definition) is 2. The van der Waals surface area contributed by atoms with Gasteiger partial charge >= 0.3 is 5.63 Å². The van der Waals surface area contributed by atoms with Crippen molar-refractivity contribution in [1.82, 2.24) is 0 Å². The third-order valence-corrected chi connectivity index (χ3v) is 2.15. The summed E-state index contributed by atoms with van der Waals surface area (Å²) in [6.45, 7) is 3.65. The predicted molar refractivity (Wildman–Crippen MR) is 59.8 cm³/mol. The summed E-state index contributed by atoms with van der Waals surface area (Å²) in [6, 6.07) is 7.51. The SMILES string of the molecule is CC#Cc1cc2ccc(C)cc2oc1=O. The van der Waals surface area contributed by atoms with E-state index in [4.69, 9.17) is 4.42 Å². The summed E-state index contributed by atoms with van der Waals surface area (Å²) in [5.74, 6) is 5.42. The van der Waals surface area contributed by atoms with E-state index in [1.807, 2.05) is 25.1 Å². The Hall–Kier alpha value is -2.01. The van der Waals surface area contributed by atoms with Crippen LogP contribution in [0.4, 0.5) is 0 Å². The van der Waals surface area contributed by atoms with Crippen LogP contribution in [0, 0.1) is 18.8 Å². The highest BCUT2D eigenvalue weighted by molar-refractivity contribution is 5.78. The lowest BCUT2D eigenvalue weighted by Crippen LogP contribution is -2.03. The van der Waals surface area contributed by atoms with Gasteiger partial charge in [0.25, 0.3) is 0 Å². The molecule has 15 heavy (non-hydrogen) atoms. The van der Waals surface area contributed by atoms with Gasteiger partial charge in [-0.2, -0.15) is 0 Å². The second-order valence-corrected chi connectivity index (χ2v) is 3.36. The Bertz CT molecular complexity index is 624. The molecule has 2 rings (SSSR count). The highest BCUT2D eigenvalue weighted by Gasteiger charge is 2.02. The molecule has 1 aromatic carbocycles. The Kier molecular flexibility index (Phi) is 2.31. The average molecular weight is 198 g/mol. The van der Waals surface area contributed by atoms with Crippen molar-refractivity contribution in [1.29, 1.82) is 0 Å². The summed E-state index contributed by atoms with van der Waals surface area (Å²) < 4.78 is 5.17. The van der Waals surface area contributed by atoms with Crippen molar-refractivity contribution in [3.63, 3.8) is 0 Å². The number of rotatable bonds is 0. The summed E-state index contributed by atoms with van der Waals surface area (Å²) in [6.07, 6.45) is 0. The standard InChI is InChI=1S/C13H10O2/c1-3-4-11-8-10-6-5-9(2)7-12(10)15-13(11)14/h5-8H,1-2H3. The molecule has 0 saturated heterocycles. The van der Waals surface area contributed by atoms with Crippen LogP contribution in [-0.4, -0.2) is 0 Å². The van der Waals surface area contributed by atoms with Gasteiger partial charge in [0.1, 0.15) is 11.1 Å². The molecular formula is C13H10O2. The Morgan fingerprint density at radius 1 is 1.27 bits per heavy atom. The molecule has 0 spiro atoms. The fraction of sp³-hybridized carbons (Fsp3) is 0.154. The minimum Gasteiger partial charge on any atom is -0.422 e. The third-order valence-electron chi connectivity index (χ3n) is 2.15. The molecule has 0 fully saturated rings. The number of fused-ring (bicyclic) bond motifs is 1. The van der Waals surface area contributed by atoms with Crippen molar-refractivity contribution >= 4 is 11.0 Å². The highest BCUT2D eigenvalue weighted by atomic mass is 16.4. The third kappa shape index (κ3) is 1.77. The molecule has 1 aromatic heterocycles. The van der Waals surface area contributed by atoms with Gasteiger partial charge in [0.15, 0.2) is 0 Å². The summed E-state index contributed by atoms with van der Waals surface area (Å²) in [5.41, 5.74) is 1.72. The van der Waals surface area contributed by atoms with E-state index >= 15 is 0 Å². The topological polar surface area (TPSA) is 30.2 Å². The van der Waals surface area contributed by atoms with Crippen LogP contribution in [0.25, 0.3) is 11.0 Å². The molecule has 1 heterocycles. The first-order chi connectivity index (χ1) is 7.20. The Labute approximate surface area is 87.5 Å². The monoisotopic (exact) mass is 198 g/mol. The van der Waals surface area contributed by atoms with Gasteiger partial charge in [-0.1, -0.05) is 18.1 Å². The van der Waals surface area contributed by atoms with E-state index in [0.29, 0.717) is 11.1 Å². The summed E-state index contributed by atoms with van der Waals surface area (Å²) in [7, 11) is 0. The Balaban J connectivity index is 2.80. The van der Waals surface area contributed by atoms with Crippen LogP contribution in [-0.2, 0) is 0 Å². The van der Waals surface area contributed by atoms with Crippen molar-refractivity contribution < 1.29 is 4.42 Å². The van der Waals surface area contributed by atoms with E-state index in [-0.39, 0.29) is 5.63 Å². The van der Waals surface area contributed by atoms with Crippen molar-refractivity contribution in [2.75, 3.05) is 0 Å². The lowest BCUT2D eigenvalue weighted by atomic mass is 10.1. The molecule has 74 valence electrons. The molecule has 0 amide bonds. The van der Waals surface area contributed by atoms with E-state index < -0.39 is 0 Å². The average Bonchev–Trinajstić information content (AvgIpc) is 2.20. The van der Waals surface area contributed by atoms with E-state index in [1.165, 1.54) is 0 Å². The smallest absolute Gasteiger partial charge is 0.352 e. The van der Waals surface area contributed by atoms with Gasteiger partial charge in [-0.15, -0.1) is 5.92 Å². The Morgan fingerprint density at radius 2 is 2.07 bits per heavy atom. The fourth-order valence-electron chi connectivity index (χ4n) is 1.44. The minimum absolute atomic E-state index is 0.373. The predicted octanol–water partition coefficient (Wildman–Crippen LogP) is 2.47. The zero-order valence-electron chi connectivity index (χ0n) is 8.63. The molecule has 0 N–H and O–H groups in total. The molecule has 0 unspecified atom stereocenters. The maximum absolute atomic E-state index is 11.5. The quantitative estimate of drug-likeness (QED) is 0.481. The zero-order valence-corrected chi connectivity index (χ0v) is 8.63. The molecule has 2 aromatic rings. The summed E-state index contributed by atoms with van der Waals surface area (Å²) in [4.78, 5) is 11.5. The molecular weight excluding hydrogens is 188 g/mol. The molecule has 0 aliphatic rings. The first-order valence-electron chi connectivity index (χ1n) is 4.68. The van der Waals surface area contributed by atoms with Crippen LogP contribution in [0.5, 0.6) is 0 Å². The lowest BCUT2D eigenvalue weighted by molar-refractivity contribution is 0.558. The fourth-order valence-corrected chi connectivity index (χ4v) is 1.44. The Morgan fingerprint density at radius 3 is 2.80 bits per heavy atom. The first-order valence-corrected chi connectivity index (χ1v) is 4.68.